The van der Waals surface area contributed by atoms with E-state index in [2.05, 4.69) is 13.0 Å². The summed E-state index contributed by atoms with van der Waals surface area (Å²) in [5.41, 5.74) is 3.63. The second-order valence-electron chi connectivity index (χ2n) is 3.84. The summed E-state index contributed by atoms with van der Waals surface area (Å²) >= 11 is 12.0. The first-order valence-electron chi connectivity index (χ1n) is 5.15. The molecule has 0 fully saturated rings. The van der Waals surface area contributed by atoms with Gasteiger partial charge in [-0.3, -0.25) is 0 Å². The molecule has 0 aliphatic rings. The van der Waals surface area contributed by atoms with Gasteiger partial charge in [0.25, 0.3) is 0 Å². The van der Waals surface area contributed by atoms with Crippen LogP contribution in [0, 0.1) is 6.92 Å². The number of rotatable bonds is 2. The zero-order valence-corrected chi connectivity index (χ0v) is 10.5. The molecular formula is C14H12Cl2. The Bertz CT molecular complexity index is 466. The number of aryl methyl sites for hydroxylation is 1. The van der Waals surface area contributed by atoms with E-state index in [0.717, 1.165) is 16.5 Å². The Morgan fingerprint density at radius 2 is 1.62 bits per heavy atom. The van der Waals surface area contributed by atoms with Gasteiger partial charge in [-0.05, 0) is 48.2 Å². The molecule has 2 heteroatoms. The highest BCUT2D eigenvalue weighted by Crippen LogP contribution is 2.23. The minimum Gasteiger partial charge on any atom is -0.0843 e. The second-order valence-corrected chi connectivity index (χ2v) is 4.68. The molecule has 0 saturated heterocycles. The molecule has 0 heterocycles. The lowest BCUT2D eigenvalue weighted by atomic mass is 10.0. The Labute approximate surface area is 106 Å². The topological polar surface area (TPSA) is 0 Å². The van der Waals surface area contributed by atoms with Crippen molar-refractivity contribution in [2.75, 3.05) is 0 Å². The maximum Gasteiger partial charge on any atom is 0.0444 e. The SMILES string of the molecule is Cc1cccc(Cl)c1Cc1ccc(Cl)cc1. The van der Waals surface area contributed by atoms with Crippen LogP contribution in [0.4, 0.5) is 0 Å². The van der Waals surface area contributed by atoms with Gasteiger partial charge in [-0.15, -0.1) is 0 Å². The molecule has 0 amide bonds. The number of benzene rings is 2. The van der Waals surface area contributed by atoms with Crippen LogP contribution in [0.3, 0.4) is 0 Å². The third kappa shape index (κ3) is 2.58. The molecule has 16 heavy (non-hydrogen) atoms. The molecule has 0 nitrogen and oxygen atoms in total. The Morgan fingerprint density at radius 3 is 2.25 bits per heavy atom. The van der Waals surface area contributed by atoms with Crippen molar-refractivity contribution in [1.29, 1.82) is 0 Å². The smallest absolute Gasteiger partial charge is 0.0444 e. The Hall–Kier alpha value is -0.980. The van der Waals surface area contributed by atoms with Crippen LogP contribution in [0.15, 0.2) is 42.5 Å². The predicted molar refractivity (Wildman–Crippen MR) is 70.4 cm³/mol. The highest BCUT2D eigenvalue weighted by atomic mass is 35.5. The molecule has 82 valence electrons. The van der Waals surface area contributed by atoms with Gasteiger partial charge in [0, 0.05) is 10.0 Å². The van der Waals surface area contributed by atoms with Crippen LogP contribution in [0.25, 0.3) is 0 Å². The van der Waals surface area contributed by atoms with E-state index in [1.807, 2.05) is 36.4 Å². The van der Waals surface area contributed by atoms with Crippen molar-refractivity contribution in [3.63, 3.8) is 0 Å². The third-order valence-corrected chi connectivity index (χ3v) is 3.25. The van der Waals surface area contributed by atoms with Crippen LogP contribution in [-0.2, 0) is 6.42 Å². The normalized spacial score (nSPS) is 10.4. The van der Waals surface area contributed by atoms with Crippen molar-refractivity contribution < 1.29 is 0 Å². The zero-order valence-electron chi connectivity index (χ0n) is 9.00. The van der Waals surface area contributed by atoms with Crippen LogP contribution in [0.5, 0.6) is 0 Å². The molecule has 0 spiro atoms. The molecular weight excluding hydrogens is 239 g/mol. The molecule has 0 aromatic heterocycles. The van der Waals surface area contributed by atoms with Crippen LogP contribution >= 0.6 is 23.2 Å². The Morgan fingerprint density at radius 1 is 0.938 bits per heavy atom. The van der Waals surface area contributed by atoms with E-state index in [1.54, 1.807) is 0 Å². The minimum atomic E-state index is 0.764. The summed E-state index contributed by atoms with van der Waals surface area (Å²) in [6, 6.07) is 13.9. The first kappa shape index (κ1) is 11.5. The van der Waals surface area contributed by atoms with Gasteiger partial charge in [0.1, 0.15) is 0 Å². The number of halogens is 2. The molecule has 2 aromatic carbocycles. The molecule has 0 bridgehead atoms. The van der Waals surface area contributed by atoms with Gasteiger partial charge >= 0.3 is 0 Å². The van der Waals surface area contributed by atoms with E-state index in [0.29, 0.717) is 0 Å². The lowest BCUT2D eigenvalue weighted by Crippen LogP contribution is -1.92. The fraction of sp³-hybridized carbons (Fsp3) is 0.143. The summed E-state index contributed by atoms with van der Waals surface area (Å²) in [6.07, 6.45) is 0.850. The lowest BCUT2D eigenvalue weighted by Gasteiger charge is -2.08. The zero-order chi connectivity index (χ0) is 11.5. The molecule has 0 atom stereocenters. The summed E-state index contributed by atoms with van der Waals surface area (Å²) in [6.45, 7) is 2.08. The first-order valence-corrected chi connectivity index (χ1v) is 5.91. The molecule has 2 aromatic rings. The monoisotopic (exact) mass is 250 g/mol. The van der Waals surface area contributed by atoms with E-state index >= 15 is 0 Å². The van der Waals surface area contributed by atoms with Gasteiger partial charge in [-0.2, -0.15) is 0 Å². The van der Waals surface area contributed by atoms with Gasteiger partial charge in [-0.25, -0.2) is 0 Å². The van der Waals surface area contributed by atoms with Gasteiger partial charge in [0.15, 0.2) is 0 Å². The van der Waals surface area contributed by atoms with E-state index in [9.17, 15) is 0 Å². The van der Waals surface area contributed by atoms with Crippen molar-refractivity contribution in [1.82, 2.24) is 0 Å². The second kappa shape index (κ2) is 4.90. The molecule has 0 saturated carbocycles. The van der Waals surface area contributed by atoms with E-state index in [1.165, 1.54) is 16.7 Å². The Balaban J connectivity index is 2.30. The fourth-order valence-electron chi connectivity index (χ4n) is 1.70. The van der Waals surface area contributed by atoms with Gasteiger partial charge in [0.2, 0.25) is 0 Å². The summed E-state index contributed by atoms with van der Waals surface area (Å²) in [5, 5.41) is 1.59. The standard InChI is InChI=1S/C14H12Cl2/c1-10-3-2-4-14(16)13(10)9-11-5-7-12(15)8-6-11/h2-8H,9H2,1H3. The highest BCUT2D eigenvalue weighted by Gasteiger charge is 2.04. The van der Waals surface area contributed by atoms with Crippen LogP contribution < -0.4 is 0 Å². The summed E-state index contributed by atoms with van der Waals surface area (Å²) in [7, 11) is 0. The predicted octanol–water partition coefficient (Wildman–Crippen LogP) is 4.89. The van der Waals surface area contributed by atoms with Gasteiger partial charge in [0.05, 0.1) is 0 Å². The third-order valence-electron chi connectivity index (χ3n) is 2.65. The van der Waals surface area contributed by atoms with Crippen molar-refractivity contribution in [3.05, 3.63) is 69.2 Å². The van der Waals surface area contributed by atoms with Crippen LogP contribution in [0.2, 0.25) is 10.0 Å². The molecule has 0 aliphatic heterocycles. The number of hydrogen-bond acceptors (Lipinski definition) is 0. The highest BCUT2D eigenvalue weighted by molar-refractivity contribution is 6.31. The summed E-state index contributed by atoms with van der Waals surface area (Å²) < 4.78 is 0. The Kier molecular flexibility index (Phi) is 3.52. The molecule has 0 radical (unpaired) electrons. The van der Waals surface area contributed by atoms with Crippen LogP contribution in [0.1, 0.15) is 16.7 Å². The van der Waals surface area contributed by atoms with E-state index in [4.69, 9.17) is 23.2 Å². The van der Waals surface area contributed by atoms with Gasteiger partial charge in [-0.1, -0.05) is 47.5 Å². The minimum absolute atomic E-state index is 0.764. The molecule has 0 aliphatic carbocycles. The lowest BCUT2D eigenvalue weighted by molar-refractivity contribution is 1.16. The van der Waals surface area contributed by atoms with Crippen LogP contribution in [-0.4, -0.2) is 0 Å². The van der Waals surface area contributed by atoms with Crippen molar-refractivity contribution in [3.8, 4) is 0 Å². The summed E-state index contributed by atoms with van der Waals surface area (Å²) in [4.78, 5) is 0. The maximum atomic E-state index is 6.18. The van der Waals surface area contributed by atoms with Gasteiger partial charge < -0.3 is 0 Å². The molecule has 0 unspecified atom stereocenters. The molecule has 0 N–H and O–H groups in total. The molecule has 2 rings (SSSR count). The summed E-state index contributed by atoms with van der Waals surface area (Å²) in [5.74, 6) is 0. The largest absolute Gasteiger partial charge is 0.0843 e. The first-order chi connectivity index (χ1) is 7.66. The fourth-order valence-corrected chi connectivity index (χ4v) is 2.11. The van der Waals surface area contributed by atoms with Crippen molar-refractivity contribution in [2.45, 2.75) is 13.3 Å². The quantitative estimate of drug-likeness (QED) is 0.712. The maximum absolute atomic E-state index is 6.18. The van der Waals surface area contributed by atoms with Crippen molar-refractivity contribution in [2.24, 2.45) is 0 Å². The number of hydrogen-bond donors (Lipinski definition) is 0. The van der Waals surface area contributed by atoms with E-state index < -0.39 is 0 Å². The van der Waals surface area contributed by atoms with Crippen molar-refractivity contribution >= 4 is 23.2 Å². The average molecular weight is 251 g/mol. The van der Waals surface area contributed by atoms with E-state index in [-0.39, 0.29) is 0 Å². The average Bonchev–Trinajstić information content (AvgIpc) is 2.26.